The van der Waals surface area contributed by atoms with Gasteiger partial charge in [-0.2, -0.15) is 0 Å². The third-order valence-electron chi connectivity index (χ3n) is 3.55. The molecular weight excluding hydrogens is 306 g/mol. The van der Waals surface area contributed by atoms with Crippen molar-refractivity contribution in [3.63, 3.8) is 0 Å². The van der Waals surface area contributed by atoms with Crippen LogP contribution in [-0.2, 0) is 6.54 Å². The van der Waals surface area contributed by atoms with Gasteiger partial charge in [0.2, 0.25) is 0 Å². The smallest absolute Gasteiger partial charge is 0.273 e. The number of aryl methyl sites for hydroxylation is 1. The highest BCUT2D eigenvalue weighted by atomic mass is 16.5. The lowest BCUT2D eigenvalue weighted by molar-refractivity contribution is 0.0727. The minimum absolute atomic E-state index is 0.0622. The van der Waals surface area contributed by atoms with Crippen molar-refractivity contribution in [3.8, 4) is 0 Å². The molecule has 1 N–H and O–H groups in total. The van der Waals surface area contributed by atoms with E-state index in [2.05, 4.69) is 10.5 Å². The molecule has 0 unspecified atom stereocenters. The predicted molar refractivity (Wildman–Crippen MR) is 90.7 cm³/mol. The largest absolute Gasteiger partial charge is 0.359 e. The van der Waals surface area contributed by atoms with Gasteiger partial charge < -0.3 is 14.7 Å². The van der Waals surface area contributed by atoms with Crippen LogP contribution in [0, 0.1) is 6.92 Å². The Balaban J connectivity index is 2.12. The fraction of sp³-hybridized carbons (Fsp3) is 0.389. The van der Waals surface area contributed by atoms with E-state index in [-0.39, 0.29) is 24.1 Å². The van der Waals surface area contributed by atoms with Crippen molar-refractivity contribution in [3.05, 3.63) is 52.9 Å². The molecule has 2 rings (SSSR count). The van der Waals surface area contributed by atoms with Crippen LogP contribution in [0.5, 0.6) is 0 Å². The lowest BCUT2D eigenvalue weighted by atomic mass is 10.1. The van der Waals surface area contributed by atoms with Crippen LogP contribution < -0.4 is 5.32 Å². The standard InChI is InChI=1S/C18H23N3O3/c1-4-10-21(18(23)14-8-6-13(3)7-9-14)12-15-11-16(20-24-15)17(22)19-5-2/h6-9,11H,4-5,10,12H2,1-3H3,(H,19,22). The Labute approximate surface area is 141 Å². The summed E-state index contributed by atoms with van der Waals surface area (Å²) in [7, 11) is 0. The first-order valence-corrected chi connectivity index (χ1v) is 8.14. The van der Waals surface area contributed by atoms with Crippen molar-refractivity contribution in [1.82, 2.24) is 15.4 Å². The molecule has 0 saturated heterocycles. The Morgan fingerprint density at radius 1 is 1.21 bits per heavy atom. The molecule has 0 aliphatic heterocycles. The Kier molecular flexibility index (Phi) is 6.12. The lowest BCUT2D eigenvalue weighted by Gasteiger charge is -2.20. The fourth-order valence-electron chi connectivity index (χ4n) is 2.33. The molecule has 1 heterocycles. The molecule has 1 aromatic heterocycles. The molecule has 1 aromatic carbocycles. The van der Waals surface area contributed by atoms with Gasteiger partial charge in [0.15, 0.2) is 11.5 Å². The maximum atomic E-state index is 12.7. The number of nitrogens with one attached hydrogen (secondary N) is 1. The first-order valence-electron chi connectivity index (χ1n) is 8.14. The van der Waals surface area contributed by atoms with Crippen LogP contribution >= 0.6 is 0 Å². The van der Waals surface area contributed by atoms with E-state index in [1.165, 1.54) is 0 Å². The molecule has 2 aromatic rings. The highest BCUT2D eigenvalue weighted by Crippen LogP contribution is 2.13. The Hall–Kier alpha value is -2.63. The van der Waals surface area contributed by atoms with E-state index in [0.717, 1.165) is 12.0 Å². The highest BCUT2D eigenvalue weighted by molar-refractivity contribution is 5.94. The molecular formula is C18H23N3O3. The van der Waals surface area contributed by atoms with E-state index in [0.29, 0.717) is 24.4 Å². The van der Waals surface area contributed by atoms with Gasteiger partial charge in [0.25, 0.3) is 11.8 Å². The zero-order valence-electron chi connectivity index (χ0n) is 14.3. The predicted octanol–water partition coefficient (Wildman–Crippen LogP) is 2.79. The minimum atomic E-state index is -0.278. The molecule has 2 amide bonds. The number of hydrogen-bond donors (Lipinski definition) is 1. The molecule has 128 valence electrons. The zero-order chi connectivity index (χ0) is 17.5. The van der Waals surface area contributed by atoms with E-state index < -0.39 is 0 Å². The minimum Gasteiger partial charge on any atom is -0.359 e. The van der Waals surface area contributed by atoms with Crippen molar-refractivity contribution in [1.29, 1.82) is 0 Å². The first-order chi connectivity index (χ1) is 11.5. The monoisotopic (exact) mass is 329 g/mol. The summed E-state index contributed by atoms with van der Waals surface area (Å²) < 4.78 is 5.21. The number of hydrogen-bond acceptors (Lipinski definition) is 4. The van der Waals surface area contributed by atoms with Crippen LogP contribution in [0.15, 0.2) is 34.9 Å². The van der Waals surface area contributed by atoms with Gasteiger partial charge in [-0.25, -0.2) is 0 Å². The van der Waals surface area contributed by atoms with Crippen molar-refractivity contribution in [2.24, 2.45) is 0 Å². The normalized spacial score (nSPS) is 10.5. The molecule has 24 heavy (non-hydrogen) atoms. The molecule has 0 bridgehead atoms. The molecule has 0 radical (unpaired) electrons. The van der Waals surface area contributed by atoms with Gasteiger partial charge in [-0.1, -0.05) is 29.8 Å². The van der Waals surface area contributed by atoms with E-state index >= 15 is 0 Å². The highest BCUT2D eigenvalue weighted by Gasteiger charge is 2.19. The van der Waals surface area contributed by atoms with Crippen LogP contribution in [-0.4, -0.2) is 35.0 Å². The van der Waals surface area contributed by atoms with E-state index in [1.54, 1.807) is 11.0 Å². The lowest BCUT2D eigenvalue weighted by Crippen LogP contribution is -2.31. The number of amides is 2. The van der Waals surface area contributed by atoms with Crippen LogP contribution in [0.4, 0.5) is 0 Å². The van der Waals surface area contributed by atoms with Crippen LogP contribution in [0.2, 0.25) is 0 Å². The van der Waals surface area contributed by atoms with Crippen LogP contribution in [0.3, 0.4) is 0 Å². The van der Waals surface area contributed by atoms with Crippen molar-refractivity contribution in [2.75, 3.05) is 13.1 Å². The SMILES string of the molecule is CCCN(Cc1cc(C(=O)NCC)no1)C(=O)c1ccc(C)cc1. The number of carbonyl (C=O) groups is 2. The quantitative estimate of drug-likeness (QED) is 0.847. The van der Waals surface area contributed by atoms with Gasteiger partial charge >= 0.3 is 0 Å². The summed E-state index contributed by atoms with van der Waals surface area (Å²) in [5, 5.41) is 6.43. The number of carbonyl (C=O) groups excluding carboxylic acids is 2. The molecule has 0 fully saturated rings. The van der Waals surface area contributed by atoms with Gasteiger partial charge in [0.05, 0.1) is 6.54 Å². The average molecular weight is 329 g/mol. The second-order valence-electron chi connectivity index (χ2n) is 5.63. The summed E-state index contributed by atoms with van der Waals surface area (Å²) in [6.45, 7) is 7.24. The van der Waals surface area contributed by atoms with Crippen molar-refractivity contribution >= 4 is 11.8 Å². The van der Waals surface area contributed by atoms with E-state index in [9.17, 15) is 9.59 Å². The summed E-state index contributed by atoms with van der Waals surface area (Å²) in [5.74, 6) is 0.150. The number of rotatable bonds is 7. The first kappa shape index (κ1) is 17.7. The fourth-order valence-corrected chi connectivity index (χ4v) is 2.33. The van der Waals surface area contributed by atoms with Gasteiger partial charge in [-0.3, -0.25) is 9.59 Å². The van der Waals surface area contributed by atoms with Crippen molar-refractivity contribution < 1.29 is 14.1 Å². The van der Waals surface area contributed by atoms with Gasteiger partial charge in [-0.05, 0) is 32.4 Å². The summed E-state index contributed by atoms with van der Waals surface area (Å²) in [4.78, 5) is 26.1. The molecule has 0 atom stereocenters. The number of aromatic nitrogens is 1. The summed E-state index contributed by atoms with van der Waals surface area (Å²) >= 11 is 0. The third kappa shape index (κ3) is 4.44. The maximum Gasteiger partial charge on any atom is 0.273 e. The third-order valence-corrected chi connectivity index (χ3v) is 3.55. The van der Waals surface area contributed by atoms with E-state index in [4.69, 9.17) is 4.52 Å². The van der Waals surface area contributed by atoms with Crippen LogP contribution in [0.25, 0.3) is 0 Å². The summed E-state index contributed by atoms with van der Waals surface area (Å²) in [6.07, 6.45) is 0.828. The summed E-state index contributed by atoms with van der Waals surface area (Å²) in [5.41, 5.74) is 1.97. The summed E-state index contributed by atoms with van der Waals surface area (Å²) in [6, 6.07) is 9.05. The Bertz CT molecular complexity index is 692. The molecule has 0 aliphatic carbocycles. The number of benzene rings is 1. The molecule has 0 aliphatic rings. The van der Waals surface area contributed by atoms with Gasteiger partial charge in [0, 0.05) is 24.7 Å². The van der Waals surface area contributed by atoms with Gasteiger partial charge in [0.1, 0.15) is 0 Å². The Morgan fingerprint density at radius 3 is 2.54 bits per heavy atom. The number of nitrogens with zero attached hydrogens (tertiary/aromatic N) is 2. The zero-order valence-corrected chi connectivity index (χ0v) is 14.3. The molecule has 0 saturated carbocycles. The molecule has 6 nitrogen and oxygen atoms in total. The second kappa shape index (κ2) is 8.29. The average Bonchev–Trinajstić information content (AvgIpc) is 3.03. The van der Waals surface area contributed by atoms with E-state index in [1.807, 2.05) is 45.0 Å². The van der Waals surface area contributed by atoms with Crippen molar-refractivity contribution in [2.45, 2.75) is 33.7 Å². The Morgan fingerprint density at radius 2 is 1.92 bits per heavy atom. The van der Waals surface area contributed by atoms with Gasteiger partial charge in [-0.15, -0.1) is 0 Å². The second-order valence-corrected chi connectivity index (χ2v) is 5.63. The topological polar surface area (TPSA) is 75.4 Å². The maximum absolute atomic E-state index is 12.7. The van der Waals surface area contributed by atoms with Crippen LogP contribution in [0.1, 0.15) is 52.4 Å². The molecule has 0 spiro atoms. The molecule has 6 heteroatoms.